The molecule has 1 radical (unpaired) electrons. The van der Waals surface area contributed by atoms with Crippen LogP contribution in [0.5, 0.6) is 0 Å². The second kappa shape index (κ2) is 22.4. The minimum absolute atomic E-state index is 0. The van der Waals surface area contributed by atoms with E-state index in [2.05, 4.69) is 29.9 Å². The van der Waals surface area contributed by atoms with Crippen LogP contribution in [0.25, 0.3) is 34.2 Å². The summed E-state index contributed by atoms with van der Waals surface area (Å²) in [6.07, 6.45) is 10.6. The van der Waals surface area contributed by atoms with Gasteiger partial charge in [0, 0.05) is 37.2 Å². The minimum atomic E-state index is -1.75. The van der Waals surface area contributed by atoms with Crippen LogP contribution < -0.4 is 0 Å². The first kappa shape index (κ1) is 36.8. The Bertz CT molecular complexity index is 1300. The summed E-state index contributed by atoms with van der Waals surface area (Å²) in [5, 5.41) is 29.5. The fourth-order valence-electron chi connectivity index (χ4n) is 3.09. The van der Waals surface area contributed by atoms with Crippen molar-refractivity contribution in [2.45, 2.75) is 0 Å². The largest absolute Gasteiger partial charge is 2.00 e. The zero-order valence-electron chi connectivity index (χ0n) is 23.2. The molecule has 0 aliphatic rings. The van der Waals surface area contributed by atoms with Crippen LogP contribution in [0, 0.1) is 30.6 Å². The van der Waals surface area contributed by atoms with Crippen molar-refractivity contribution in [3.63, 3.8) is 0 Å². The maximum Gasteiger partial charge on any atom is 2.00 e. The fraction of sp³-hybridized carbons (Fsp3) is 0. The van der Waals surface area contributed by atoms with E-state index in [1.54, 1.807) is 37.2 Å². The molecule has 0 spiro atoms. The van der Waals surface area contributed by atoms with Gasteiger partial charge in [0.1, 0.15) is 0 Å². The second-order valence-electron chi connectivity index (χ2n) is 7.74. The van der Waals surface area contributed by atoms with Crippen LogP contribution in [0.1, 0.15) is 0 Å². The first-order valence-corrected chi connectivity index (χ1v) is 12.5. The van der Waals surface area contributed by atoms with Gasteiger partial charge in [-0.25, -0.2) is 0 Å². The van der Waals surface area contributed by atoms with Gasteiger partial charge >= 0.3 is 17.1 Å². The first-order chi connectivity index (χ1) is 21.4. The van der Waals surface area contributed by atoms with E-state index in [9.17, 15) is 0 Å². The van der Waals surface area contributed by atoms with Gasteiger partial charge in [0.2, 0.25) is 0 Å². The number of nitrogens with zero attached hydrogens (tertiary/aromatic N) is 8. The maximum absolute atomic E-state index is 8.25. The van der Waals surface area contributed by atoms with Crippen LogP contribution in [0.15, 0.2) is 146 Å². The van der Waals surface area contributed by atoms with Gasteiger partial charge in [-0.3, -0.25) is 29.9 Å². The molecule has 15 heteroatoms. The van der Waals surface area contributed by atoms with Crippen molar-refractivity contribution >= 4 is 0 Å². The molecule has 6 rings (SSSR count). The molecule has 0 aromatic carbocycles. The normalized spacial score (nSPS) is 8.80. The summed E-state index contributed by atoms with van der Waals surface area (Å²) in [7, 11) is 0. The van der Waals surface area contributed by atoms with Crippen molar-refractivity contribution in [2.24, 2.45) is 0 Å². The molecule has 14 nitrogen and oxygen atoms in total. The quantitative estimate of drug-likeness (QED) is 0.123. The van der Waals surface area contributed by atoms with Gasteiger partial charge in [-0.1, -0.05) is 36.4 Å². The molecule has 0 bridgehead atoms. The third-order valence-corrected chi connectivity index (χ3v) is 4.78. The molecule has 0 fully saturated rings. The molecule has 0 saturated carbocycles. The summed E-state index contributed by atoms with van der Waals surface area (Å²) in [5.41, 5.74) is 5.49. The number of rotatable bonds is 3. The molecule has 0 atom stereocenters. The van der Waals surface area contributed by atoms with Gasteiger partial charge in [0.15, 0.2) is 0 Å². The van der Waals surface area contributed by atoms with E-state index in [-0.39, 0.29) is 17.1 Å². The Morgan fingerprint density at radius 1 is 0.333 bits per heavy atom. The van der Waals surface area contributed by atoms with Crippen LogP contribution in [0.3, 0.4) is 0 Å². The van der Waals surface area contributed by atoms with Crippen molar-refractivity contribution in [1.29, 1.82) is 0 Å². The Labute approximate surface area is 267 Å². The molecule has 6 aromatic heterocycles. The summed E-state index contributed by atoms with van der Waals surface area (Å²) >= 11 is 0. The minimum Gasteiger partial charge on any atom is -0.356 e. The molecule has 231 valence electrons. The van der Waals surface area contributed by atoms with E-state index in [0.717, 1.165) is 34.2 Å². The Kier molecular flexibility index (Phi) is 18.4. The molecule has 0 aliphatic heterocycles. The Morgan fingerprint density at radius 3 is 0.556 bits per heavy atom. The zero-order valence-corrected chi connectivity index (χ0v) is 24.1. The van der Waals surface area contributed by atoms with Gasteiger partial charge < -0.3 is 30.6 Å². The summed E-state index contributed by atoms with van der Waals surface area (Å²) in [4.78, 5) is 41.6. The van der Waals surface area contributed by atoms with E-state index in [1.807, 2.05) is 109 Å². The number of pyridine rings is 6. The number of aromatic nitrogens is 6. The van der Waals surface area contributed by atoms with Crippen molar-refractivity contribution < 1.29 is 27.2 Å². The molecule has 0 aliphatic carbocycles. The summed E-state index contributed by atoms with van der Waals surface area (Å²) in [6.45, 7) is 0. The van der Waals surface area contributed by atoms with Crippen molar-refractivity contribution in [1.82, 2.24) is 29.9 Å². The van der Waals surface area contributed by atoms with E-state index < -0.39 is 10.2 Å². The van der Waals surface area contributed by atoms with Gasteiger partial charge in [0.25, 0.3) is 0 Å². The van der Waals surface area contributed by atoms with Crippen molar-refractivity contribution in [2.75, 3.05) is 0 Å². The molecule has 0 N–H and O–H groups in total. The summed E-state index contributed by atoms with van der Waals surface area (Å²) < 4.78 is 0. The van der Waals surface area contributed by atoms with Crippen LogP contribution in [-0.4, -0.2) is 40.1 Å². The third-order valence-electron chi connectivity index (χ3n) is 4.78. The summed E-state index contributed by atoms with van der Waals surface area (Å²) in [6, 6.07) is 34.8. The van der Waals surface area contributed by atoms with Gasteiger partial charge in [-0.2, -0.15) is 0 Å². The van der Waals surface area contributed by atoms with E-state index in [4.69, 9.17) is 30.6 Å². The molecule has 6 heterocycles. The average Bonchev–Trinajstić information content (AvgIpc) is 3.07. The molecule has 0 amide bonds. The maximum atomic E-state index is 8.25. The number of hydrogen-bond donors (Lipinski definition) is 0. The van der Waals surface area contributed by atoms with E-state index >= 15 is 0 Å². The van der Waals surface area contributed by atoms with Crippen LogP contribution in [-0.2, 0) is 17.1 Å². The van der Waals surface area contributed by atoms with Crippen LogP contribution in [0.4, 0.5) is 0 Å². The second-order valence-corrected chi connectivity index (χ2v) is 7.74. The van der Waals surface area contributed by atoms with Crippen LogP contribution >= 0.6 is 0 Å². The predicted molar refractivity (Wildman–Crippen MR) is 163 cm³/mol. The topological polar surface area (TPSA) is 210 Å². The number of hydrogen-bond acceptors (Lipinski definition) is 12. The first-order valence-electron chi connectivity index (χ1n) is 12.5. The molecule has 0 saturated heterocycles. The monoisotopic (exact) mass is 655 g/mol. The smallest absolute Gasteiger partial charge is 0.356 e. The van der Waals surface area contributed by atoms with Crippen LogP contribution in [0.2, 0.25) is 0 Å². The molecule has 6 aromatic rings. The fourth-order valence-corrected chi connectivity index (χ4v) is 3.09. The van der Waals surface area contributed by atoms with Gasteiger partial charge in [-0.05, 0) is 72.8 Å². The third kappa shape index (κ3) is 16.8. The molecular weight excluding hydrogens is 632 g/mol. The van der Waals surface area contributed by atoms with Gasteiger partial charge in [-0.15, -0.1) is 0 Å². The standard InChI is InChI=1S/3C10H8N2.Cu.2NO3/c3*1-3-7-11-9(5-1)10-6-2-4-8-12-10;;2*2-1(3)4/h3*1-8H;;;/q;;;+2;2*-1. The summed E-state index contributed by atoms with van der Waals surface area (Å²) in [5.74, 6) is 0. The Morgan fingerprint density at radius 2 is 0.467 bits per heavy atom. The van der Waals surface area contributed by atoms with Crippen molar-refractivity contribution in [3.8, 4) is 34.2 Å². The zero-order chi connectivity index (χ0) is 31.8. The van der Waals surface area contributed by atoms with E-state index in [0.29, 0.717) is 0 Å². The van der Waals surface area contributed by atoms with E-state index in [1.165, 1.54) is 0 Å². The van der Waals surface area contributed by atoms with Gasteiger partial charge in [0.05, 0.1) is 44.3 Å². The Hall–Kier alpha value is -6.18. The average molecular weight is 656 g/mol. The SMILES string of the molecule is O=[N+]([O-])[O-].O=[N+]([O-])[O-].[Cu+2].c1ccc(-c2ccccn2)nc1.c1ccc(-c2ccccn2)nc1.c1ccc(-c2ccccn2)nc1. The Balaban J connectivity index is 0.000000299. The molecule has 45 heavy (non-hydrogen) atoms. The van der Waals surface area contributed by atoms with Crippen molar-refractivity contribution in [3.05, 3.63) is 177 Å². The molecule has 0 unspecified atom stereocenters. The predicted octanol–water partition coefficient (Wildman–Crippen LogP) is 5.95. The molecular formula is C30H24CuN8O6.